The Labute approximate surface area is 210 Å². The van der Waals surface area contributed by atoms with Crippen LogP contribution < -0.4 is 0 Å². The van der Waals surface area contributed by atoms with Crippen molar-refractivity contribution in [2.75, 3.05) is 13.2 Å². The van der Waals surface area contributed by atoms with Crippen LogP contribution in [-0.2, 0) is 41.3 Å². The summed E-state index contributed by atoms with van der Waals surface area (Å²) in [5.41, 5.74) is 1.23. The normalized spacial score (nSPS) is 23.9. The summed E-state index contributed by atoms with van der Waals surface area (Å²) in [6, 6.07) is 3.56. The number of Topliss-reactive ketones (excluding diaryl/α,β-unsaturated/α-hetero) is 1. The summed E-state index contributed by atoms with van der Waals surface area (Å²) in [6.07, 6.45) is 2.93. The van der Waals surface area contributed by atoms with E-state index in [1.807, 2.05) is 19.9 Å². The highest BCUT2D eigenvalue weighted by atomic mass is 28.4. The summed E-state index contributed by atoms with van der Waals surface area (Å²) >= 11 is 0. The van der Waals surface area contributed by atoms with Crippen molar-refractivity contribution in [3.8, 4) is 0 Å². The summed E-state index contributed by atoms with van der Waals surface area (Å²) in [5.74, 6) is -0.740. The number of aromatic nitrogens is 1. The van der Waals surface area contributed by atoms with Crippen LogP contribution in [0.4, 0.5) is 0 Å². The predicted molar refractivity (Wildman–Crippen MR) is 135 cm³/mol. The number of ketones is 1. The first-order valence-electron chi connectivity index (χ1n) is 12.7. The van der Waals surface area contributed by atoms with E-state index in [1.165, 1.54) is 0 Å². The van der Waals surface area contributed by atoms with Crippen LogP contribution in [0.15, 0.2) is 12.1 Å². The Morgan fingerprint density at radius 2 is 2.03 bits per heavy atom. The molecule has 0 amide bonds. The summed E-state index contributed by atoms with van der Waals surface area (Å²) in [4.78, 5) is 25.0. The van der Waals surface area contributed by atoms with Gasteiger partial charge >= 0.3 is 0 Å². The maximum Gasteiger partial charge on any atom is 0.192 e. The molecule has 2 saturated heterocycles. The van der Waals surface area contributed by atoms with Gasteiger partial charge in [-0.1, -0.05) is 20.8 Å². The van der Waals surface area contributed by atoms with Gasteiger partial charge in [0.05, 0.1) is 31.6 Å². The molecule has 0 aromatic carbocycles. The molecule has 0 N–H and O–H groups in total. The fraction of sp³-hybridized carbons (Fsp3) is 0.769. The first kappa shape index (κ1) is 28.2. The van der Waals surface area contributed by atoms with Gasteiger partial charge in [0.1, 0.15) is 6.10 Å². The van der Waals surface area contributed by atoms with Crippen LogP contribution in [0.25, 0.3) is 0 Å². The van der Waals surface area contributed by atoms with Crippen molar-refractivity contribution in [2.45, 2.75) is 116 Å². The molecule has 0 spiro atoms. The Morgan fingerprint density at radius 1 is 1.29 bits per heavy atom. The maximum absolute atomic E-state index is 13.3. The topological polar surface area (TPSA) is 85.2 Å². The summed E-state index contributed by atoms with van der Waals surface area (Å²) in [7, 11) is -2.17. The molecule has 3 heterocycles. The molecule has 198 valence electrons. The standard InChI is InChI=1S/C26H43NO7Si/c1-25(2,3)35(6,7)34-22(23-18-32-26(4,5)33-23)14-21(29)15-27-19(16-28)11-12-20(27)17-31-24-10-8-9-13-30-24/h11-12,16,22-24H,8-10,13-15,17-18H2,1-7H3/t22?,23-,24?/m1/s1. The van der Waals surface area contributed by atoms with Crippen molar-refractivity contribution in [2.24, 2.45) is 0 Å². The van der Waals surface area contributed by atoms with Gasteiger partial charge in [0.15, 0.2) is 32.5 Å². The molecule has 0 bridgehead atoms. The van der Waals surface area contributed by atoms with Gasteiger partial charge in [0.25, 0.3) is 0 Å². The molecule has 2 unspecified atom stereocenters. The third-order valence-corrected chi connectivity index (χ3v) is 11.7. The molecule has 1 aromatic rings. The van der Waals surface area contributed by atoms with Crippen LogP contribution in [0.5, 0.6) is 0 Å². The van der Waals surface area contributed by atoms with Gasteiger partial charge in [-0.15, -0.1) is 0 Å². The van der Waals surface area contributed by atoms with E-state index in [1.54, 1.807) is 10.6 Å². The SMILES string of the molecule is CC1(C)OC[C@H](C(CC(=O)Cn2c(C=O)ccc2COC2CCCCO2)O[Si](C)(C)C(C)(C)C)O1. The van der Waals surface area contributed by atoms with Crippen LogP contribution in [0, 0.1) is 0 Å². The molecule has 0 aliphatic carbocycles. The Balaban J connectivity index is 1.71. The van der Waals surface area contributed by atoms with Gasteiger partial charge in [0, 0.05) is 18.7 Å². The fourth-order valence-electron chi connectivity index (χ4n) is 4.14. The Hall–Kier alpha value is -1.36. The van der Waals surface area contributed by atoms with Crippen molar-refractivity contribution in [1.29, 1.82) is 0 Å². The van der Waals surface area contributed by atoms with Crippen molar-refractivity contribution >= 4 is 20.4 Å². The number of carbonyl (C=O) groups excluding carboxylic acids is 2. The van der Waals surface area contributed by atoms with Gasteiger partial charge < -0.3 is 27.9 Å². The lowest BCUT2D eigenvalue weighted by molar-refractivity contribution is -0.169. The van der Waals surface area contributed by atoms with E-state index in [9.17, 15) is 9.59 Å². The lowest BCUT2D eigenvalue weighted by Gasteiger charge is -2.40. The van der Waals surface area contributed by atoms with E-state index in [0.29, 0.717) is 18.9 Å². The molecular formula is C26H43NO7Si. The molecule has 35 heavy (non-hydrogen) atoms. The smallest absolute Gasteiger partial charge is 0.192 e. The molecule has 2 aliphatic heterocycles. The highest BCUT2D eigenvalue weighted by molar-refractivity contribution is 6.74. The van der Waals surface area contributed by atoms with Gasteiger partial charge in [-0.05, 0) is 63.4 Å². The van der Waals surface area contributed by atoms with Crippen LogP contribution >= 0.6 is 0 Å². The summed E-state index contributed by atoms with van der Waals surface area (Å²) < 4.78 is 31.9. The van der Waals surface area contributed by atoms with Crippen molar-refractivity contribution in [3.05, 3.63) is 23.5 Å². The zero-order valence-corrected chi connectivity index (χ0v) is 23.4. The van der Waals surface area contributed by atoms with E-state index < -0.39 is 20.2 Å². The third-order valence-electron chi connectivity index (χ3n) is 7.24. The average molecular weight is 510 g/mol. The number of hydrogen-bond acceptors (Lipinski definition) is 7. The zero-order valence-electron chi connectivity index (χ0n) is 22.4. The van der Waals surface area contributed by atoms with Crippen LogP contribution in [0.1, 0.15) is 76.5 Å². The minimum absolute atomic E-state index is 0.0138. The fourth-order valence-corrected chi connectivity index (χ4v) is 5.48. The molecule has 3 rings (SSSR count). The van der Waals surface area contributed by atoms with Gasteiger partial charge in [-0.3, -0.25) is 9.59 Å². The zero-order chi connectivity index (χ0) is 25.9. The third kappa shape index (κ3) is 7.56. The molecule has 0 radical (unpaired) electrons. The monoisotopic (exact) mass is 509 g/mol. The molecule has 0 saturated carbocycles. The second-order valence-electron chi connectivity index (χ2n) is 11.6. The number of hydrogen-bond donors (Lipinski definition) is 0. The van der Waals surface area contributed by atoms with Crippen molar-refractivity contribution in [3.63, 3.8) is 0 Å². The predicted octanol–water partition coefficient (Wildman–Crippen LogP) is 4.84. The molecule has 3 atom stereocenters. The summed E-state index contributed by atoms with van der Waals surface area (Å²) in [6.45, 7) is 16.0. The Morgan fingerprint density at radius 3 is 2.60 bits per heavy atom. The Bertz CT molecular complexity index is 868. The molecule has 2 aliphatic rings. The van der Waals surface area contributed by atoms with Gasteiger partial charge in [-0.25, -0.2) is 0 Å². The second-order valence-corrected chi connectivity index (χ2v) is 16.3. The quantitative estimate of drug-likeness (QED) is 0.311. The molecule has 1 aromatic heterocycles. The molecule has 9 heteroatoms. The highest BCUT2D eigenvalue weighted by Gasteiger charge is 2.45. The molecular weight excluding hydrogens is 466 g/mol. The van der Waals surface area contributed by atoms with Crippen molar-refractivity contribution in [1.82, 2.24) is 4.57 Å². The van der Waals surface area contributed by atoms with E-state index >= 15 is 0 Å². The maximum atomic E-state index is 13.3. The van der Waals surface area contributed by atoms with Crippen LogP contribution in [0.2, 0.25) is 18.1 Å². The first-order valence-corrected chi connectivity index (χ1v) is 15.6. The lowest BCUT2D eigenvalue weighted by atomic mass is 10.1. The highest BCUT2D eigenvalue weighted by Crippen LogP contribution is 2.39. The number of ether oxygens (including phenoxy) is 4. The van der Waals surface area contributed by atoms with Crippen LogP contribution in [0.3, 0.4) is 0 Å². The number of carbonyl (C=O) groups is 2. The molecule has 2 fully saturated rings. The molecule has 8 nitrogen and oxygen atoms in total. The minimum atomic E-state index is -2.17. The number of nitrogens with zero attached hydrogens (tertiary/aromatic N) is 1. The average Bonchev–Trinajstić information content (AvgIpc) is 3.33. The van der Waals surface area contributed by atoms with Crippen molar-refractivity contribution < 1.29 is 33.0 Å². The Kier molecular flexibility index (Phi) is 9.15. The minimum Gasteiger partial charge on any atom is -0.411 e. The van der Waals surface area contributed by atoms with E-state index in [0.717, 1.165) is 31.2 Å². The van der Waals surface area contributed by atoms with E-state index in [4.69, 9.17) is 23.4 Å². The second kappa shape index (κ2) is 11.4. The van der Waals surface area contributed by atoms with E-state index in [-0.39, 0.29) is 42.8 Å². The first-order chi connectivity index (χ1) is 16.3. The van der Waals surface area contributed by atoms with Gasteiger partial charge in [0.2, 0.25) is 0 Å². The summed E-state index contributed by atoms with van der Waals surface area (Å²) in [5, 5.41) is -0.0138. The van der Waals surface area contributed by atoms with Gasteiger partial charge in [-0.2, -0.15) is 0 Å². The number of rotatable bonds is 11. The number of aldehydes is 1. The largest absolute Gasteiger partial charge is 0.411 e. The van der Waals surface area contributed by atoms with E-state index in [2.05, 4.69) is 33.9 Å². The lowest BCUT2D eigenvalue weighted by Crippen LogP contribution is -2.48. The van der Waals surface area contributed by atoms with Crippen LogP contribution in [-0.4, -0.2) is 62.5 Å².